The normalized spacial score (nSPS) is 15.3. The third-order valence-electron chi connectivity index (χ3n) is 5.39. The molecule has 1 aliphatic heterocycles. The van der Waals surface area contributed by atoms with Gasteiger partial charge < -0.3 is 18.9 Å². The topological polar surface area (TPSA) is 64.8 Å². The van der Waals surface area contributed by atoms with Crippen LogP contribution in [0.2, 0.25) is 0 Å². The van der Waals surface area contributed by atoms with Crippen LogP contribution >= 0.6 is 0 Å². The van der Waals surface area contributed by atoms with E-state index in [1.165, 1.54) is 5.56 Å². The molecule has 1 atom stereocenters. The first-order valence-corrected chi connectivity index (χ1v) is 9.63. The van der Waals surface area contributed by atoms with Crippen LogP contribution in [0.25, 0.3) is 0 Å². The fraction of sp³-hybridized carbons (Fsp3) is 0.304. The molecule has 4 rings (SSSR count). The number of ether oxygens (including phenoxy) is 2. The summed E-state index contributed by atoms with van der Waals surface area (Å²) in [7, 11) is 1.57. The minimum absolute atomic E-state index is 0.0435. The van der Waals surface area contributed by atoms with Gasteiger partial charge in [0.05, 0.1) is 18.4 Å². The Hall–Kier alpha value is -3.28. The van der Waals surface area contributed by atoms with Crippen molar-refractivity contribution in [2.45, 2.75) is 39.8 Å². The van der Waals surface area contributed by atoms with Gasteiger partial charge in [0.25, 0.3) is 5.91 Å². The summed E-state index contributed by atoms with van der Waals surface area (Å²) in [6.07, 6.45) is 0.859. The molecule has 0 radical (unpaired) electrons. The molecule has 0 spiro atoms. The summed E-state index contributed by atoms with van der Waals surface area (Å²) in [5, 5.41) is 3.94. The Morgan fingerprint density at radius 3 is 2.72 bits per heavy atom. The Kier molecular flexibility index (Phi) is 5.01. The number of benzene rings is 2. The van der Waals surface area contributed by atoms with Gasteiger partial charge in [0.1, 0.15) is 12.4 Å². The van der Waals surface area contributed by atoms with Gasteiger partial charge in [-0.2, -0.15) is 0 Å². The summed E-state index contributed by atoms with van der Waals surface area (Å²) in [4.78, 5) is 15.1. The Balaban J connectivity index is 1.57. The highest BCUT2D eigenvalue weighted by molar-refractivity contribution is 6.08. The SMILES string of the molecule is COc1cc(C(=O)N2c3ccccc3C[C@H]2C)ccc1OCc1c(C)noc1C. The van der Waals surface area contributed by atoms with Crippen molar-refractivity contribution in [1.29, 1.82) is 0 Å². The number of para-hydroxylation sites is 1. The van der Waals surface area contributed by atoms with Gasteiger partial charge >= 0.3 is 0 Å². The molecule has 0 saturated heterocycles. The second-order valence-corrected chi connectivity index (χ2v) is 7.31. The van der Waals surface area contributed by atoms with Crippen LogP contribution in [-0.2, 0) is 13.0 Å². The van der Waals surface area contributed by atoms with Crippen LogP contribution in [-0.4, -0.2) is 24.2 Å². The molecule has 1 aromatic heterocycles. The number of anilines is 1. The molecule has 1 amide bonds. The maximum absolute atomic E-state index is 13.2. The third kappa shape index (κ3) is 3.46. The van der Waals surface area contributed by atoms with Crippen molar-refractivity contribution in [2.24, 2.45) is 0 Å². The number of carbonyl (C=O) groups is 1. The summed E-state index contributed by atoms with van der Waals surface area (Å²) in [5.41, 5.74) is 4.45. The van der Waals surface area contributed by atoms with Crippen LogP contribution in [0.1, 0.15) is 39.9 Å². The van der Waals surface area contributed by atoms with Gasteiger partial charge in [-0.3, -0.25) is 4.79 Å². The first-order valence-electron chi connectivity index (χ1n) is 9.63. The molecular formula is C23H24N2O4. The number of carbonyl (C=O) groups excluding carboxylic acids is 1. The Bertz CT molecular complexity index is 1040. The summed E-state index contributed by atoms with van der Waals surface area (Å²) in [6, 6.07) is 13.4. The summed E-state index contributed by atoms with van der Waals surface area (Å²) in [6.45, 7) is 6.12. The second-order valence-electron chi connectivity index (χ2n) is 7.31. The highest BCUT2D eigenvalue weighted by Crippen LogP contribution is 2.35. The van der Waals surface area contributed by atoms with Gasteiger partial charge in [0, 0.05) is 17.3 Å². The average Bonchev–Trinajstić information content (AvgIpc) is 3.23. The molecule has 6 nitrogen and oxygen atoms in total. The molecule has 0 bridgehead atoms. The van der Waals surface area contributed by atoms with E-state index in [2.05, 4.69) is 18.1 Å². The number of aryl methyl sites for hydroxylation is 2. The van der Waals surface area contributed by atoms with Crippen LogP contribution < -0.4 is 14.4 Å². The third-order valence-corrected chi connectivity index (χ3v) is 5.39. The van der Waals surface area contributed by atoms with E-state index in [0.29, 0.717) is 23.7 Å². The predicted octanol–water partition coefficient (Wildman–Crippen LogP) is 4.47. The minimum Gasteiger partial charge on any atom is -0.493 e. The zero-order chi connectivity index (χ0) is 20.5. The first kappa shape index (κ1) is 19.1. The monoisotopic (exact) mass is 392 g/mol. The Morgan fingerprint density at radius 2 is 2.00 bits per heavy atom. The minimum atomic E-state index is -0.0435. The smallest absolute Gasteiger partial charge is 0.258 e. The maximum Gasteiger partial charge on any atom is 0.258 e. The highest BCUT2D eigenvalue weighted by atomic mass is 16.5. The molecule has 6 heteroatoms. The van der Waals surface area contributed by atoms with Crippen molar-refractivity contribution in [2.75, 3.05) is 12.0 Å². The van der Waals surface area contributed by atoms with Crippen LogP contribution in [0.5, 0.6) is 11.5 Å². The van der Waals surface area contributed by atoms with Gasteiger partial charge in [-0.1, -0.05) is 23.4 Å². The lowest BCUT2D eigenvalue weighted by Gasteiger charge is -2.23. The quantitative estimate of drug-likeness (QED) is 0.641. The Morgan fingerprint density at radius 1 is 1.21 bits per heavy atom. The van der Waals surface area contributed by atoms with E-state index < -0.39 is 0 Å². The van der Waals surface area contributed by atoms with Crippen molar-refractivity contribution in [3.05, 3.63) is 70.6 Å². The summed E-state index contributed by atoms with van der Waals surface area (Å²) < 4.78 is 16.6. The summed E-state index contributed by atoms with van der Waals surface area (Å²) in [5.74, 6) is 1.77. The van der Waals surface area contributed by atoms with Crippen molar-refractivity contribution in [1.82, 2.24) is 5.16 Å². The largest absolute Gasteiger partial charge is 0.493 e. The molecule has 150 valence electrons. The predicted molar refractivity (Wildman–Crippen MR) is 110 cm³/mol. The Labute approximate surface area is 170 Å². The molecule has 1 aliphatic rings. The van der Waals surface area contributed by atoms with Crippen LogP contribution in [0.15, 0.2) is 47.0 Å². The van der Waals surface area contributed by atoms with E-state index in [-0.39, 0.29) is 11.9 Å². The second kappa shape index (κ2) is 7.62. The van der Waals surface area contributed by atoms with Crippen molar-refractivity contribution in [3.63, 3.8) is 0 Å². The number of aromatic nitrogens is 1. The van der Waals surface area contributed by atoms with Gasteiger partial charge in [-0.05, 0) is 57.0 Å². The van der Waals surface area contributed by atoms with E-state index in [1.807, 2.05) is 36.9 Å². The lowest BCUT2D eigenvalue weighted by molar-refractivity contribution is 0.0981. The van der Waals surface area contributed by atoms with Gasteiger partial charge in [0.15, 0.2) is 11.5 Å². The highest BCUT2D eigenvalue weighted by Gasteiger charge is 2.31. The van der Waals surface area contributed by atoms with Crippen LogP contribution in [0.3, 0.4) is 0 Å². The van der Waals surface area contributed by atoms with E-state index >= 15 is 0 Å². The van der Waals surface area contributed by atoms with E-state index in [4.69, 9.17) is 14.0 Å². The van der Waals surface area contributed by atoms with E-state index in [0.717, 1.165) is 29.1 Å². The number of hydrogen-bond donors (Lipinski definition) is 0. The standard InChI is InChI=1S/C23H24N2O4/c1-14-11-17-7-5-6-8-20(17)25(14)23(26)18-9-10-21(22(12-18)27-4)28-13-19-15(2)24-29-16(19)3/h5-10,12,14H,11,13H2,1-4H3/t14-/m1/s1. The fourth-order valence-corrected chi connectivity index (χ4v) is 3.79. The number of fused-ring (bicyclic) bond motifs is 1. The van der Waals surface area contributed by atoms with Crippen molar-refractivity contribution >= 4 is 11.6 Å². The van der Waals surface area contributed by atoms with Crippen molar-refractivity contribution in [3.8, 4) is 11.5 Å². The number of hydrogen-bond acceptors (Lipinski definition) is 5. The number of methoxy groups -OCH3 is 1. The number of amides is 1. The summed E-state index contributed by atoms with van der Waals surface area (Å²) >= 11 is 0. The van der Waals surface area contributed by atoms with Gasteiger partial charge in [0.2, 0.25) is 0 Å². The molecule has 0 aliphatic carbocycles. The molecule has 0 saturated carbocycles. The lowest BCUT2D eigenvalue weighted by atomic mass is 10.1. The molecule has 2 heterocycles. The van der Waals surface area contributed by atoms with E-state index in [1.54, 1.807) is 25.3 Å². The molecular weight excluding hydrogens is 368 g/mol. The van der Waals surface area contributed by atoms with Gasteiger partial charge in [-0.25, -0.2) is 0 Å². The van der Waals surface area contributed by atoms with Gasteiger partial charge in [-0.15, -0.1) is 0 Å². The average molecular weight is 392 g/mol. The first-order chi connectivity index (χ1) is 14.0. The maximum atomic E-state index is 13.2. The number of rotatable bonds is 5. The molecule has 29 heavy (non-hydrogen) atoms. The van der Waals surface area contributed by atoms with E-state index in [9.17, 15) is 4.79 Å². The molecule has 0 unspecified atom stereocenters. The van der Waals surface area contributed by atoms with Crippen molar-refractivity contribution < 1.29 is 18.8 Å². The lowest BCUT2D eigenvalue weighted by Crippen LogP contribution is -2.35. The zero-order valence-electron chi connectivity index (χ0n) is 17.1. The zero-order valence-corrected chi connectivity index (χ0v) is 17.1. The van der Waals surface area contributed by atoms with Crippen LogP contribution in [0, 0.1) is 13.8 Å². The molecule has 0 fully saturated rings. The fourth-order valence-electron chi connectivity index (χ4n) is 3.79. The number of nitrogens with zero attached hydrogens (tertiary/aromatic N) is 2. The molecule has 0 N–H and O–H groups in total. The molecule has 2 aromatic carbocycles. The van der Waals surface area contributed by atoms with Crippen LogP contribution in [0.4, 0.5) is 5.69 Å². The molecule has 3 aromatic rings.